The van der Waals surface area contributed by atoms with Crippen LogP contribution in [0.25, 0.3) is 0 Å². The van der Waals surface area contributed by atoms with Gasteiger partial charge in [-0.1, -0.05) is 6.07 Å². The lowest BCUT2D eigenvalue weighted by molar-refractivity contribution is 0.0271. The average Bonchev–Trinajstić information content (AvgIpc) is 2.14. The van der Waals surface area contributed by atoms with E-state index >= 15 is 0 Å². The normalized spacial score (nSPS) is 11.5. The van der Waals surface area contributed by atoms with Gasteiger partial charge in [-0.25, -0.2) is 4.39 Å². The van der Waals surface area contributed by atoms with Crippen LogP contribution in [0.2, 0.25) is 0 Å². The Hall–Kier alpha value is -1.13. The van der Waals surface area contributed by atoms with E-state index in [4.69, 9.17) is 9.84 Å². The molecule has 0 unspecified atom stereocenters. The molecule has 4 heteroatoms. The van der Waals surface area contributed by atoms with Gasteiger partial charge in [0.15, 0.2) is 11.6 Å². The van der Waals surface area contributed by atoms with E-state index in [1.165, 1.54) is 12.1 Å². The molecule has 15 heavy (non-hydrogen) atoms. The molecule has 0 atom stereocenters. The fourth-order valence-electron chi connectivity index (χ4n) is 1.01. The summed E-state index contributed by atoms with van der Waals surface area (Å²) in [6.45, 7) is 2.96. The molecule has 0 aliphatic carbocycles. The molecule has 3 nitrogen and oxygen atoms in total. The van der Waals surface area contributed by atoms with Gasteiger partial charge in [-0.15, -0.1) is 0 Å². The second-order valence-electron chi connectivity index (χ2n) is 4.02. The molecular weight excluding hydrogens is 199 g/mol. The highest BCUT2D eigenvalue weighted by Gasteiger charge is 2.14. The van der Waals surface area contributed by atoms with Crippen molar-refractivity contribution >= 4 is 0 Å². The maximum Gasteiger partial charge on any atom is 0.165 e. The molecule has 0 bridgehead atoms. The van der Waals surface area contributed by atoms with Crippen LogP contribution in [0.4, 0.5) is 4.39 Å². The highest BCUT2D eigenvalue weighted by molar-refractivity contribution is 5.29. The summed E-state index contributed by atoms with van der Waals surface area (Å²) in [6, 6.07) is 4.22. The highest BCUT2D eigenvalue weighted by atomic mass is 19.1. The number of aliphatic hydroxyl groups excluding tert-OH is 1. The minimum Gasteiger partial charge on any atom is -0.488 e. The molecule has 1 rings (SSSR count). The lowest BCUT2D eigenvalue weighted by atomic mass is 10.1. The first kappa shape index (κ1) is 11.9. The third kappa shape index (κ3) is 3.85. The van der Waals surface area contributed by atoms with E-state index < -0.39 is 11.4 Å². The summed E-state index contributed by atoms with van der Waals surface area (Å²) in [5, 5.41) is 18.1. The van der Waals surface area contributed by atoms with Crippen LogP contribution < -0.4 is 4.74 Å². The third-order valence-electron chi connectivity index (χ3n) is 1.76. The summed E-state index contributed by atoms with van der Waals surface area (Å²) in [5.41, 5.74) is -0.509. The molecule has 0 amide bonds. The largest absolute Gasteiger partial charge is 0.488 e. The molecule has 1 aromatic rings. The fourth-order valence-corrected chi connectivity index (χ4v) is 1.01. The molecular formula is C11H15FO3. The van der Waals surface area contributed by atoms with Crippen LogP contribution in [0.3, 0.4) is 0 Å². The standard InChI is InChI=1S/C11H15FO3/c1-11(2,14)7-15-10-4-3-8(6-13)5-9(10)12/h3-5,13-14H,6-7H2,1-2H3. The van der Waals surface area contributed by atoms with Crippen molar-refractivity contribution in [2.24, 2.45) is 0 Å². The van der Waals surface area contributed by atoms with Gasteiger partial charge in [-0.2, -0.15) is 0 Å². The molecule has 84 valence electrons. The first-order chi connectivity index (χ1) is 6.92. The molecule has 1 aromatic carbocycles. The zero-order valence-corrected chi connectivity index (χ0v) is 8.83. The van der Waals surface area contributed by atoms with Gasteiger partial charge in [0.25, 0.3) is 0 Å². The van der Waals surface area contributed by atoms with E-state index in [9.17, 15) is 9.50 Å². The van der Waals surface area contributed by atoms with E-state index in [2.05, 4.69) is 0 Å². The van der Waals surface area contributed by atoms with Crippen LogP contribution in [0.15, 0.2) is 18.2 Å². The van der Waals surface area contributed by atoms with Crippen LogP contribution in [0.1, 0.15) is 19.4 Å². The Morgan fingerprint density at radius 3 is 2.53 bits per heavy atom. The summed E-state index contributed by atoms with van der Waals surface area (Å²) in [7, 11) is 0. The Morgan fingerprint density at radius 2 is 2.07 bits per heavy atom. The van der Waals surface area contributed by atoms with Crippen molar-refractivity contribution in [2.45, 2.75) is 26.1 Å². The van der Waals surface area contributed by atoms with Gasteiger partial charge < -0.3 is 14.9 Å². The quantitative estimate of drug-likeness (QED) is 0.798. The van der Waals surface area contributed by atoms with Gasteiger partial charge in [0, 0.05) is 0 Å². The van der Waals surface area contributed by atoms with Crippen LogP contribution in [0, 0.1) is 5.82 Å². The summed E-state index contributed by atoms with van der Waals surface area (Å²) < 4.78 is 18.4. The number of hydrogen-bond acceptors (Lipinski definition) is 3. The van der Waals surface area contributed by atoms with Gasteiger partial charge in [0.2, 0.25) is 0 Å². The molecule has 0 spiro atoms. The van der Waals surface area contributed by atoms with Crippen molar-refractivity contribution in [3.8, 4) is 5.75 Å². The van der Waals surface area contributed by atoms with E-state index in [1.807, 2.05) is 0 Å². The zero-order chi connectivity index (χ0) is 11.5. The lowest BCUT2D eigenvalue weighted by Gasteiger charge is -2.18. The van der Waals surface area contributed by atoms with Crippen molar-refractivity contribution < 1.29 is 19.3 Å². The Labute approximate surface area is 88.1 Å². The predicted octanol–water partition coefficient (Wildman–Crippen LogP) is 1.47. The maximum atomic E-state index is 13.3. The number of ether oxygens (including phenoxy) is 1. The predicted molar refractivity (Wildman–Crippen MR) is 54.1 cm³/mol. The second-order valence-corrected chi connectivity index (χ2v) is 4.02. The number of halogens is 1. The molecule has 0 fully saturated rings. The number of benzene rings is 1. The molecule has 2 N–H and O–H groups in total. The van der Waals surface area contributed by atoms with E-state index in [0.29, 0.717) is 5.56 Å². The minimum atomic E-state index is -0.998. The van der Waals surface area contributed by atoms with Gasteiger partial charge in [0.05, 0.1) is 12.2 Å². The summed E-state index contributed by atoms with van der Waals surface area (Å²) in [4.78, 5) is 0. The van der Waals surface area contributed by atoms with Gasteiger partial charge in [-0.3, -0.25) is 0 Å². The third-order valence-corrected chi connectivity index (χ3v) is 1.76. The second kappa shape index (κ2) is 4.59. The summed E-state index contributed by atoms with van der Waals surface area (Å²) >= 11 is 0. The van der Waals surface area contributed by atoms with Gasteiger partial charge >= 0.3 is 0 Å². The van der Waals surface area contributed by atoms with Crippen molar-refractivity contribution in [2.75, 3.05) is 6.61 Å². The topological polar surface area (TPSA) is 49.7 Å². The number of hydrogen-bond donors (Lipinski definition) is 2. The SMILES string of the molecule is CC(C)(O)COc1ccc(CO)cc1F. The summed E-state index contributed by atoms with van der Waals surface area (Å²) in [5.74, 6) is -0.458. The van der Waals surface area contributed by atoms with E-state index in [0.717, 1.165) is 0 Å². The van der Waals surface area contributed by atoms with Crippen molar-refractivity contribution in [1.82, 2.24) is 0 Å². The molecule has 0 saturated heterocycles. The Kier molecular flexibility index (Phi) is 3.66. The lowest BCUT2D eigenvalue weighted by Crippen LogP contribution is -2.28. The first-order valence-electron chi connectivity index (χ1n) is 4.67. The molecule has 0 aliphatic heterocycles. The first-order valence-corrected chi connectivity index (χ1v) is 4.67. The van der Waals surface area contributed by atoms with E-state index in [-0.39, 0.29) is 19.0 Å². The molecule has 0 aromatic heterocycles. The van der Waals surface area contributed by atoms with Crippen molar-refractivity contribution in [3.63, 3.8) is 0 Å². The minimum absolute atomic E-state index is 0.0163. The number of rotatable bonds is 4. The molecule has 0 radical (unpaired) electrons. The van der Waals surface area contributed by atoms with Crippen LogP contribution in [-0.2, 0) is 6.61 Å². The molecule has 0 aliphatic rings. The summed E-state index contributed by atoms with van der Waals surface area (Å²) in [6.07, 6.45) is 0. The van der Waals surface area contributed by atoms with Gasteiger partial charge in [-0.05, 0) is 31.5 Å². The van der Waals surface area contributed by atoms with Crippen molar-refractivity contribution in [1.29, 1.82) is 0 Å². The average molecular weight is 214 g/mol. The molecule has 0 saturated carbocycles. The Balaban J connectivity index is 2.70. The van der Waals surface area contributed by atoms with Crippen LogP contribution in [0.5, 0.6) is 5.75 Å². The highest BCUT2D eigenvalue weighted by Crippen LogP contribution is 2.19. The fraction of sp³-hybridized carbons (Fsp3) is 0.455. The van der Waals surface area contributed by atoms with E-state index in [1.54, 1.807) is 19.9 Å². The zero-order valence-electron chi connectivity index (χ0n) is 8.83. The van der Waals surface area contributed by atoms with Crippen molar-refractivity contribution in [3.05, 3.63) is 29.6 Å². The van der Waals surface area contributed by atoms with Crippen LogP contribution in [-0.4, -0.2) is 22.4 Å². The maximum absolute atomic E-state index is 13.3. The smallest absolute Gasteiger partial charge is 0.165 e. The Morgan fingerprint density at radius 1 is 1.40 bits per heavy atom. The van der Waals surface area contributed by atoms with Gasteiger partial charge in [0.1, 0.15) is 6.61 Å². The molecule has 0 heterocycles. The number of aliphatic hydroxyl groups is 2. The Bertz CT molecular complexity index is 331. The monoisotopic (exact) mass is 214 g/mol. The van der Waals surface area contributed by atoms with Crippen LogP contribution >= 0.6 is 0 Å².